The van der Waals surface area contributed by atoms with Crippen LogP contribution < -0.4 is 25.7 Å². The van der Waals surface area contributed by atoms with E-state index >= 15 is 0 Å². The molecule has 0 radical (unpaired) electrons. The number of carbonyl (C=O) groups excluding carboxylic acids is 2. The van der Waals surface area contributed by atoms with E-state index in [4.69, 9.17) is 14.2 Å². The topological polar surface area (TPSA) is 183 Å². The molecular formula is C50H54N4O9. The van der Waals surface area contributed by atoms with Crippen LogP contribution in [0.4, 0.5) is 0 Å². The number of aromatic amines is 1. The van der Waals surface area contributed by atoms with E-state index in [0.717, 1.165) is 38.0 Å². The maximum absolute atomic E-state index is 13.8. The number of aromatic nitrogens is 1. The third-order valence-corrected chi connectivity index (χ3v) is 11.5. The minimum Gasteiger partial charge on any atom is -0.506 e. The minimum absolute atomic E-state index is 0.0789. The Morgan fingerprint density at radius 3 is 2.38 bits per heavy atom. The lowest BCUT2D eigenvalue weighted by molar-refractivity contribution is -0.164. The van der Waals surface area contributed by atoms with Crippen molar-refractivity contribution in [3.05, 3.63) is 171 Å². The third kappa shape index (κ3) is 11.1. The predicted octanol–water partition coefficient (Wildman–Crippen LogP) is 5.96. The summed E-state index contributed by atoms with van der Waals surface area (Å²) in [6.45, 7) is 4.07. The first kappa shape index (κ1) is 44.5. The molecule has 7 rings (SSSR count). The van der Waals surface area contributed by atoms with Gasteiger partial charge < -0.3 is 45.1 Å². The van der Waals surface area contributed by atoms with Crippen LogP contribution in [0.2, 0.25) is 0 Å². The third-order valence-electron chi connectivity index (χ3n) is 11.5. The van der Waals surface area contributed by atoms with Crippen molar-refractivity contribution in [1.29, 1.82) is 0 Å². The van der Waals surface area contributed by atoms with E-state index in [1.165, 1.54) is 24.8 Å². The van der Waals surface area contributed by atoms with Gasteiger partial charge in [-0.3, -0.25) is 14.5 Å². The Bertz CT molecular complexity index is 2530. The molecule has 13 heteroatoms. The summed E-state index contributed by atoms with van der Waals surface area (Å²) in [5.41, 5.74) is 1.60. The summed E-state index contributed by atoms with van der Waals surface area (Å²) < 4.78 is 17.5. The number of nitrogens with one attached hydrogen (secondary N) is 3. The van der Waals surface area contributed by atoms with E-state index < -0.39 is 17.7 Å². The van der Waals surface area contributed by atoms with E-state index in [1.54, 1.807) is 78.9 Å². The molecule has 1 amide bonds. The quantitative estimate of drug-likeness (QED) is 0.0418. The number of hydrogen-bond donors (Lipinski definition) is 6. The zero-order chi connectivity index (χ0) is 44.2. The zero-order valence-corrected chi connectivity index (χ0v) is 35.3. The molecule has 0 bridgehead atoms. The van der Waals surface area contributed by atoms with E-state index in [9.17, 15) is 29.7 Å². The Morgan fingerprint density at radius 1 is 0.873 bits per heavy atom. The van der Waals surface area contributed by atoms with Crippen LogP contribution in [0.1, 0.15) is 63.5 Å². The second kappa shape index (κ2) is 21.0. The summed E-state index contributed by atoms with van der Waals surface area (Å²) >= 11 is 0. The molecule has 6 N–H and O–H groups in total. The lowest BCUT2D eigenvalue weighted by Gasteiger charge is -2.33. The Hall–Kier alpha value is -6.51. The number of ether oxygens (including phenoxy) is 3. The van der Waals surface area contributed by atoms with Gasteiger partial charge in [-0.05, 0) is 96.9 Å². The number of methoxy groups -OCH3 is 1. The van der Waals surface area contributed by atoms with Crippen molar-refractivity contribution >= 4 is 22.8 Å². The number of benzene rings is 5. The van der Waals surface area contributed by atoms with Crippen LogP contribution in [0, 0.1) is 5.92 Å². The standard InChI is InChI=1S/C50H54N4O9/c1-61-45-28-36(30-51-31-44(56)40-18-20-43(55)47-41(40)19-21-46(57)53-47)16-17-42(45)48(58)52-24-9-27-62-39-15-8-14-38(29-39)50(60,37-12-6-3-7-13-37)49(59)63-33-35-22-25-54(26-23-35)32-34-10-4-2-5-11-34/h2-8,10-21,28-29,35,44,51,55-56,60H,9,22-27,30-33H2,1H3,(H,52,58)(H,53,57)/t44-,50?/m0/s1. The molecule has 13 nitrogen and oxygen atoms in total. The van der Waals surface area contributed by atoms with Crippen molar-refractivity contribution in [3.8, 4) is 17.2 Å². The number of phenolic OH excluding ortho intramolecular Hbond substituents is 1. The summed E-state index contributed by atoms with van der Waals surface area (Å²) in [5.74, 6) is -0.0865. The SMILES string of the molecule is COc1cc(CNC[C@H](O)c2ccc(O)c3[nH]c(=O)ccc23)ccc1C(=O)NCCCOc1cccc(C(O)(C(=O)OCC2CCN(Cc3ccccc3)CC2)c2ccccc2)c1. The largest absolute Gasteiger partial charge is 0.506 e. The summed E-state index contributed by atoms with van der Waals surface area (Å²) in [5, 5.41) is 39.9. The number of nitrogens with zero attached hydrogens (tertiary/aromatic N) is 1. The second-order valence-corrected chi connectivity index (χ2v) is 15.8. The molecule has 1 fully saturated rings. The minimum atomic E-state index is -2.05. The number of aliphatic hydroxyl groups excluding tert-OH is 1. The number of aromatic hydroxyl groups is 1. The highest BCUT2D eigenvalue weighted by Crippen LogP contribution is 2.34. The number of hydrogen-bond acceptors (Lipinski definition) is 11. The molecule has 5 aromatic carbocycles. The molecule has 328 valence electrons. The fourth-order valence-electron chi connectivity index (χ4n) is 7.95. The number of piperidine rings is 1. The van der Waals surface area contributed by atoms with Gasteiger partial charge in [0, 0.05) is 43.2 Å². The van der Waals surface area contributed by atoms with Crippen LogP contribution in [0.15, 0.2) is 132 Å². The first-order chi connectivity index (χ1) is 30.6. The number of esters is 1. The van der Waals surface area contributed by atoms with Gasteiger partial charge in [-0.1, -0.05) is 84.9 Å². The molecule has 63 heavy (non-hydrogen) atoms. The molecule has 1 saturated heterocycles. The predicted molar refractivity (Wildman–Crippen MR) is 240 cm³/mol. The van der Waals surface area contributed by atoms with Crippen molar-refractivity contribution in [2.45, 2.75) is 44.1 Å². The number of likely N-dealkylation sites (tertiary alicyclic amines) is 1. The smallest absolute Gasteiger partial charge is 0.347 e. The highest BCUT2D eigenvalue weighted by atomic mass is 16.6. The Labute approximate surface area is 366 Å². The van der Waals surface area contributed by atoms with Crippen LogP contribution in [-0.4, -0.2) is 83.6 Å². The Kier molecular flexibility index (Phi) is 14.9. The molecule has 2 heterocycles. The number of H-pyrrole nitrogens is 1. The number of carbonyl (C=O) groups is 2. The first-order valence-electron chi connectivity index (χ1n) is 21.3. The van der Waals surface area contributed by atoms with E-state index in [0.29, 0.717) is 58.6 Å². The fourth-order valence-corrected chi connectivity index (χ4v) is 7.95. The van der Waals surface area contributed by atoms with Crippen LogP contribution in [0.5, 0.6) is 17.2 Å². The lowest BCUT2D eigenvalue weighted by Crippen LogP contribution is -2.40. The average molecular weight is 855 g/mol. The Morgan fingerprint density at radius 2 is 1.62 bits per heavy atom. The fraction of sp³-hybridized carbons (Fsp3) is 0.300. The number of pyridine rings is 1. The number of fused-ring (bicyclic) bond motifs is 1. The Balaban J connectivity index is 0.881. The number of phenols is 1. The van der Waals surface area contributed by atoms with Gasteiger partial charge in [0.1, 0.15) is 17.2 Å². The van der Waals surface area contributed by atoms with E-state index in [1.807, 2.05) is 12.1 Å². The van der Waals surface area contributed by atoms with Gasteiger partial charge in [-0.15, -0.1) is 0 Å². The van der Waals surface area contributed by atoms with E-state index in [2.05, 4.69) is 44.8 Å². The molecular weight excluding hydrogens is 801 g/mol. The monoisotopic (exact) mass is 854 g/mol. The summed E-state index contributed by atoms with van der Waals surface area (Å²) in [7, 11) is 1.49. The summed E-state index contributed by atoms with van der Waals surface area (Å²) in [4.78, 5) is 43.8. The van der Waals surface area contributed by atoms with Crippen molar-refractivity contribution in [3.63, 3.8) is 0 Å². The van der Waals surface area contributed by atoms with Gasteiger partial charge in [-0.2, -0.15) is 0 Å². The van der Waals surface area contributed by atoms with Crippen LogP contribution in [0.25, 0.3) is 10.9 Å². The van der Waals surface area contributed by atoms with Crippen LogP contribution in [0.3, 0.4) is 0 Å². The van der Waals surface area contributed by atoms with Gasteiger partial charge in [0.15, 0.2) is 0 Å². The lowest BCUT2D eigenvalue weighted by atomic mass is 9.86. The van der Waals surface area contributed by atoms with Crippen LogP contribution in [-0.2, 0) is 28.2 Å². The van der Waals surface area contributed by atoms with Crippen molar-refractivity contribution in [2.75, 3.05) is 46.5 Å². The van der Waals surface area contributed by atoms with Gasteiger partial charge in [-0.25, -0.2) is 4.79 Å². The van der Waals surface area contributed by atoms with Gasteiger partial charge in [0.05, 0.1) is 37.5 Å². The first-order valence-corrected chi connectivity index (χ1v) is 21.3. The molecule has 0 spiro atoms. The maximum atomic E-state index is 13.8. The maximum Gasteiger partial charge on any atom is 0.347 e. The average Bonchev–Trinajstić information content (AvgIpc) is 3.31. The number of amides is 1. The van der Waals surface area contributed by atoms with Crippen molar-refractivity contribution in [2.24, 2.45) is 5.92 Å². The molecule has 0 aliphatic carbocycles. The molecule has 6 aromatic rings. The molecule has 2 atom stereocenters. The van der Waals surface area contributed by atoms with Crippen LogP contribution >= 0.6 is 0 Å². The molecule has 1 aliphatic heterocycles. The highest BCUT2D eigenvalue weighted by Gasteiger charge is 2.42. The van der Waals surface area contributed by atoms with Crippen molar-refractivity contribution < 1.29 is 39.1 Å². The molecule has 0 saturated carbocycles. The zero-order valence-electron chi connectivity index (χ0n) is 35.3. The highest BCUT2D eigenvalue weighted by molar-refractivity contribution is 5.97. The normalized spacial score (nSPS) is 14.7. The van der Waals surface area contributed by atoms with Gasteiger partial charge in [0.25, 0.3) is 5.91 Å². The molecule has 1 aromatic heterocycles. The van der Waals surface area contributed by atoms with E-state index in [-0.39, 0.29) is 48.4 Å². The summed E-state index contributed by atoms with van der Waals surface area (Å²) in [6.07, 6.45) is 1.35. The summed E-state index contributed by atoms with van der Waals surface area (Å²) in [6, 6.07) is 37.2. The number of aliphatic hydroxyl groups is 2. The number of rotatable bonds is 19. The molecule has 1 unspecified atom stereocenters. The van der Waals surface area contributed by atoms with Crippen molar-refractivity contribution in [1.82, 2.24) is 20.5 Å². The second-order valence-electron chi connectivity index (χ2n) is 15.8. The molecule has 1 aliphatic rings. The van der Waals surface area contributed by atoms with Gasteiger partial charge >= 0.3 is 5.97 Å². The van der Waals surface area contributed by atoms with Gasteiger partial charge in [0.2, 0.25) is 11.2 Å².